The molecule has 1 N–H and O–H groups in total. The van der Waals surface area contributed by atoms with E-state index in [0.717, 1.165) is 3.57 Å². The van der Waals surface area contributed by atoms with Crippen molar-refractivity contribution in [3.63, 3.8) is 0 Å². The molecule has 0 aromatic heterocycles. The molecule has 0 heterocycles. The largest absolute Gasteiger partial charge is 0.346 e. The second-order valence-electron chi connectivity index (χ2n) is 4.42. The molecule has 0 spiro atoms. The van der Waals surface area contributed by atoms with Gasteiger partial charge in [0.05, 0.1) is 16.5 Å². The van der Waals surface area contributed by atoms with Crippen molar-refractivity contribution in [2.24, 2.45) is 0 Å². The monoisotopic (exact) mass is 385 g/mol. The number of carbonyl (C=O) groups excluding carboxylic acids is 1. The molecule has 1 amide bonds. The van der Waals surface area contributed by atoms with Crippen molar-refractivity contribution in [2.45, 2.75) is 31.7 Å². The van der Waals surface area contributed by atoms with Crippen molar-refractivity contribution in [3.8, 4) is 0 Å². The lowest BCUT2D eigenvalue weighted by molar-refractivity contribution is 0.0911. The Morgan fingerprint density at radius 2 is 2.06 bits per heavy atom. The van der Waals surface area contributed by atoms with Gasteiger partial charge >= 0.3 is 0 Å². The SMILES string of the molecule is CC(Cl)C(C)(C)NC(=O)c1cc(Cl)ccc1I. The number of nitrogens with one attached hydrogen (secondary N) is 1. The molecule has 0 bridgehead atoms. The fourth-order valence-corrected chi connectivity index (χ4v) is 1.94. The van der Waals surface area contributed by atoms with Gasteiger partial charge < -0.3 is 5.32 Å². The summed E-state index contributed by atoms with van der Waals surface area (Å²) in [7, 11) is 0. The van der Waals surface area contributed by atoms with E-state index in [1.807, 2.05) is 26.8 Å². The van der Waals surface area contributed by atoms with Crippen molar-refractivity contribution in [2.75, 3.05) is 0 Å². The highest BCUT2D eigenvalue weighted by Gasteiger charge is 2.27. The molecular weight excluding hydrogens is 372 g/mol. The molecule has 1 aromatic rings. The predicted molar refractivity (Wildman–Crippen MR) is 81.0 cm³/mol. The quantitative estimate of drug-likeness (QED) is 0.616. The van der Waals surface area contributed by atoms with Crippen LogP contribution in [0.1, 0.15) is 31.1 Å². The molecule has 0 aliphatic heterocycles. The average Bonchev–Trinajstić information content (AvgIpc) is 2.20. The number of hydrogen-bond donors (Lipinski definition) is 1. The third-order valence-electron chi connectivity index (χ3n) is 2.60. The highest BCUT2D eigenvalue weighted by molar-refractivity contribution is 14.1. The number of benzene rings is 1. The van der Waals surface area contributed by atoms with Gasteiger partial charge in [-0.1, -0.05) is 11.6 Å². The van der Waals surface area contributed by atoms with Gasteiger partial charge in [-0.05, 0) is 61.6 Å². The van der Waals surface area contributed by atoms with Gasteiger partial charge in [-0.25, -0.2) is 0 Å². The van der Waals surface area contributed by atoms with Gasteiger partial charge in [0.15, 0.2) is 0 Å². The summed E-state index contributed by atoms with van der Waals surface area (Å²) < 4.78 is 0.863. The fourth-order valence-electron chi connectivity index (χ4n) is 1.13. The lowest BCUT2D eigenvalue weighted by atomic mass is 10.0. The number of rotatable bonds is 3. The summed E-state index contributed by atoms with van der Waals surface area (Å²) in [4.78, 5) is 12.1. The minimum absolute atomic E-state index is 0.158. The zero-order valence-corrected chi connectivity index (χ0v) is 13.5. The third kappa shape index (κ3) is 4.00. The molecule has 1 atom stereocenters. The van der Waals surface area contributed by atoms with Gasteiger partial charge in [-0.2, -0.15) is 0 Å². The summed E-state index contributed by atoms with van der Waals surface area (Å²) in [5, 5.41) is 3.29. The highest BCUT2D eigenvalue weighted by Crippen LogP contribution is 2.20. The van der Waals surface area contributed by atoms with Gasteiger partial charge in [0.1, 0.15) is 0 Å². The molecule has 0 aliphatic rings. The van der Waals surface area contributed by atoms with Crippen molar-refractivity contribution in [3.05, 3.63) is 32.4 Å². The zero-order valence-electron chi connectivity index (χ0n) is 9.85. The Balaban J connectivity index is 2.94. The van der Waals surface area contributed by atoms with E-state index in [4.69, 9.17) is 23.2 Å². The van der Waals surface area contributed by atoms with E-state index >= 15 is 0 Å². The maximum Gasteiger partial charge on any atom is 0.252 e. The second kappa shape index (κ2) is 5.76. The van der Waals surface area contributed by atoms with Crippen LogP contribution < -0.4 is 5.32 Å². The van der Waals surface area contributed by atoms with Crippen molar-refractivity contribution in [1.82, 2.24) is 5.32 Å². The van der Waals surface area contributed by atoms with E-state index in [0.29, 0.717) is 10.6 Å². The molecule has 2 nitrogen and oxygen atoms in total. The number of alkyl halides is 1. The van der Waals surface area contributed by atoms with Crippen LogP contribution in [0.5, 0.6) is 0 Å². The Labute approximate surface area is 125 Å². The third-order valence-corrected chi connectivity index (χ3v) is 4.32. The van der Waals surface area contributed by atoms with Crippen LogP contribution in [0.4, 0.5) is 0 Å². The molecule has 17 heavy (non-hydrogen) atoms. The molecule has 0 fully saturated rings. The average molecular weight is 386 g/mol. The summed E-state index contributed by atoms with van der Waals surface area (Å²) in [5.74, 6) is -0.158. The maximum absolute atomic E-state index is 12.1. The topological polar surface area (TPSA) is 29.1 Å². The Morgan fingerprint density at radius 3 is 2.59 bits per heavy atom. The zero-order chi connectivity index (χ0) is 13.2. The highest BCUT2D eigenvalue weighted by atomic mass is 127. The van der Waals surface area contributed by atoms with Crippen LogP contribution >= 0.6 is 45.8 Å². The van der Waals surface area contributed by atoms with E-state index in [1.165, 1.54) is 0 Å². The molecule has 5 heteroatoms. The minimum atomic E-state index is -0.468. The molecule has 0 saturated carbocycles. The summed E-state index contributed by atoms with van der Waals surface area (Å²) in [6.07, 6.45) is 0. The van der Waals surface area contributed by atoms with Crippen molar-refractivity contribution in [1.29, 1.82) is 0 Å². The number of hydrogen-bond acceptors (Lipinski definition) is 1. The first-order chi connectivity index (χ1) is 7.74. The first-order valence-corrected chi connectivity index (χ1v) is 7.05. The predicted octanol–water partition coefficient (Wildman–Crippen LogP) is 4.08. The molecule has 0 radical (unpaired) electrons. The van der Waals surface area contributed by atoms with Crippen LogP contribution in [0, 0.1) is 3.57 Å². The maximum atomic E-state index is 12.1. The van der Waals surface area contributed by atoms with Crippen LogP contribution in [-0.2, 0) is 0 Å². The molecule has 1 unspecified atom stereocenters. The lowest BCUT2D eigenvalue weighted by Crippen LogP contribution is -2.49. The second-order valence-corrected chi connectivity index (χ2v) is 6.67. The van der Waals surface area contributed by atoms with Crippen LogP contribution in [0.25, 0.3) is 0 Å². The number of amides is 1. The first kappa shape index (κ1) is 15.1. The van der Waals surface area contributed by atoms with Gasteiger partial charge in [0.2, 0.25) is 0 Å². The van der Waals surface area contributed by atoms with Crippen LogP contribution in [0.3, 0.4) is 0 Å². The van der Waals surface area contributed by atoms with E-state index in [1.54, 1.807) is 12.1 Å². The smallest absolute Gasteiger partial charge is 0.252 e. The van der Waals surface area contributed by atoms with E-state index < -0.39 is 5.54 Å². The number of halogens is 3. The molecule has 0 saturated heterocycles. The molecule has 1 rings (SSSR count). The van der Waals surface area contributed by atoms with Crippen LogP contribution in [0.15, 0.2) is 18.2 Å². The minimum Gasteiger partial charge on any atom is -0.346 e. The van der Waals surface area contributed by atoms with Crippen molar-refractivity contribution < 1.29 is 4.79 Å². The number of carbonyl (C=O) groups is 1. The summed E-state index contributed by atoms with van der Waals surface area (Å²) >= 11 is 14.0. The van der Waals surface area contributed by atoms with Gasteiger partial charge in [0.25, 0.3) is 5.91 Å². The first-order valence-electron chi connectivity index (χ1n) is 5.15. The van der Waals surface area contributed by atoms with Gasteiger partial charge in [-0.3, -0.25) is 4.79 Å². The van der Waals surface area contributed by atoms with Gasteiger partial charge in [-0.15, -0.1) is 11.6 Å². The molecular formula is C12H14Cl2INO. The van der Waals surface area contributed by atoms with Gasteiger partial charge in [0, 0.05) is 8.59 Å². The van der Waals surface area contributed by atoms with E-state index in [-0.39, 0.29) is 11.3 Å². The summed E-state index contributed by atoms with van der Waals surface area (Å²) in [6, 6.07) is 5.23. The summed E-state index contributed by atoms with van der Waals surface area (Å²) in [5.41, 5.74) is 0.104. The van der Waals surface area contributed by atoms with Crippen molar-refractivity contribution >= 4 is 51.7 Å². The van der Waals surface area contributed by atoms with Crippen LogP contribution in [0.2, 0.25) is 5.02 Å². The Bertz CT molecular complexity index is 433. The molecule has 94 valence electrons. The molecule has 0 aliphatic carbocycles. The Kier molecular flexibility index (Phi) is 5.10. The lowest BCUT2D eigenvalue weighted by Gasteiger charge is -2.29. The molecule has 1 aromatic carbocycles. The van der Waals surface area contributed by atoms with E-state index in [2.05, 4.69) is 27.9 Å². The van der Waals surface area contributed by atoms with E-state index in [9.17, 15) is 4.79 Å². The Morgan fingerprint density at radius 1 is 1.47 bits per heavy atom. The Hall–Kier alpha value is -0.000000000000000111. The fraction of sp³-hybridized carbons (Fsp3) is 0.417. The standard InChI is InChI=1S/C12H14Cl2INO/c1-7(13)12(2,3)16-11(17)9-6-8(14)4-5-10(9)15/h4-7H,1-3H3,(H,16,17). The summed E-state index contributed by atoms with van der Waals surface area (Å²) in [6.45, 7) is 5.63. The normalized spacial score (nSPS) is 13.3. The van der Waals surface area contributed by atoms with Crippen LogP contribution in [-0.4, -0.2) is 16.8 Å².